The largest absolute Gasteiger partial charge is 0.329 e. The predicted octanol–water partition coefficient (Wildman–Crippen LogP) is 2.45. The average molecular weight is 210 g/mol. The van der Waals surface area contributed by atoms with Gasteiger partial charge in [-0.15, -0.1) is 6.58 Å². The van der Waals surface area contributed by atoms with E-state index >= 15 is 0 Å². The molecule has 2 nitrogen and oxygen atoms in total. The molecule has 0 aromatic heterocycles. The Hall–Kier alpha value is -0.340. The summed E-state index contributed by atoms with van der Waals surface area (Å²) in [6, 6.07) is 0. The first-order valence-electron chi connectivity index (χ1n) is 6.32. The summed E-state index contributed by atoms with van der Waals surface area (Å²) in [7, 11) is 0. The molecule has 1 saturated carbocycles. The first-order valence-corrected chi connectivity index (χ1v) is 6.32. The SMILES string of the molecule is C=CCCNC1(CN)CCC(CC)CC1. The van der Waals surface area contributed by atoms with Gasteiger partial charge in [0.1, 0.15) is 0 Å². The van der Waals surface area contributed by atoms with E-state index < -0.39 is 0 Å². The molecule has 88 valence electrons. The van der Waals surface area contributed by atoms with Crippen LogP contribution in [0.25, 0.3) is 0 Å². The van der Waals surface area contributed by atoms with Gasteiger partial charge in [0.25, 0.3) is 0 Å². The van der Waals surface area contributed by atoms with Crippen LogP contribution in [0.4, 0.5) is 0 Å². The van der Waals surface area contributed by atoms with E-state index in [4.69, 9.17) is 5.73 Å². The molecule has 0 saturated heterocycles. The molecule has 0 aliphatic heterocycles. The van der Waals surface area contributed by atoms with E-state index in [0.717, 1.165) is 25.4 Å². The molecule has 1 fully saturated rings. The van der Waals surface area contributed by atoms with E-state index in [-0.39, 0.29) is 5.54 Å². The molecule has 3 N–H and O–H groups in total. The average Bonchev–Trinajstić information content (AvgIpc) is 2.30. The molecule has 0 spiro atoms. The van der Waals surface area contributed by atoms with Crippen molar-refractivity contribution in [2.75, 3.05) is 13.1 Å². The van der Waals surface area contributed by atoms with Crippen LogP contribution in [0.1, 0.15) is 45.4 Å². The zero-order valence-corrected chi connectivity index (χ0v) is 10.1. The second-order valence-electron chi connectivity index (χ2n) is 4.84. The van der Waals surface area contributed by atoms with Gasteiger partial charge in [-0.1, -0.05) is 19.4 Å². The molecule has 0 amide bonds. The first-order chi connectivity index (χ1) is 7.26. The number of hydrogen-bond donors (Lipinski definition) is 2. The fraction of sp³-hybridized carbons (Fsp3) is 0.846. The summed E-state index contributed by atoms with van der Waals surface area (Å²) in [6.07, 6.45) is 9.52. The maximum absolute atomic E-state index is 5.92. The molecular formula is C13H26N2. The Bertz CT molecular complexity index is 181. The highest BCUT2D eigenvalue weighted by atomic mass is 15.0. The maximum atomic E-state index is 5.92. The third-order valence-electron chi connectivity index (χ3n) is 3.88. The van der Waals surface area contributed by atoms with Gasteiger partial charge in [-0.3, -0.25) is 0 Å². The van der Waals surface area contributed by atoms with E-state index in [1.54, 1.807) is 0 Å². The zero-order chi connectivity index (χ0) is 11.1. The Morgan fingerprint density at radius 3 is 2.60 bits per heavy atom. The van der Waals surface area contributed by atoms with Crippen molar-refractivity contribution in [3.05, 3.63) is 12.7 Å². The Morgan fingerprint density at radius 1 is 1.47 bits per heavy atom. The molecule has 0 bridgehead atoms. The summed E-state index contributed by atoms with van der Waals surface area (Å²) < 4.78 is 0. The van der Waals surface area contributed by atoms with Gasteiger partial charge < -0.3 is 11.1 Å². The van der Waals surface area contributed by atoms with Crippen molar-refractivity contribution in [2.24, 2.45) is 11.7 Å². The Balaban J connectivity index is 2.37. The van der Waals surface area contributed by atoms with E-state index in [2.05, 4.69) is 18.8 Å². The van der Waals surface area contributed by atoms with E-state index in [9.17, 15) is 0 Å². The van der Waals surface area contributed by atoms with Gasteiger partial charge in [0.15, 0.2) is 0 Å². The van der Waals surface area contributed by atoms with Crippen molar-refractivity contribution in [3.63, 3.8) is 0 Å². The van der Waals surface area contributed by atoms with Gasteiger partial charge in [0.05, 0.1) is 0 Å². The lowest BCUT2D eigenvalue weighted by atomic mass is 9.75. The lowest BCUT2D eigenvalue weighted by molar-refractivity contribution is 0.192. The molecular weight excluding hydrogens is 184 g/mol. The molecule has 0 aromatic carbocycles. The van der Waals surface area contributed by atoms with Crippen molar-refractivity contribution in [1.29, 1.82) is 0 Å². The van der Waals surface area contributed by atoms with Crippen LogP contribution < -0.4 is 11.1 Å². The Labute approximate surface area is 94.3 Å². The van der Waals surface area contributed by atoms with Crippen LogP contribution in [-0.2, 0) is 0 Å². The number of hydrogen-bond acceptors (Lipinski definition) is 2. The fourth-order valence-corrected chi connectivity index (χ4v) is 2.53. The number of nitrogens with two attached hydrogens (primary N) is 1. The van der Waals surface area contributed by atoms with E-state index in [1.807, 2.05) is 6.08 Å². The predicted molar refractivity (Wildman–Crippen MR) is 66.9 cm³/mol. The minimum Gasteiger partial charge on any atom is -0.329 e. The van der Waals surface area contributed by atoms with Crippen LogP contribution in [0, 0.1) is 5.92 Å². The third-order valence-corrected chi connectivity index (χ3v) is 3.88. The summed E-state index contributed by atoms with van der Waals surface area (Å²) in [6.45, 7) is 7.85. The molecule has 0 radical (unpaired) electrons. The maximum Gasteiger partial charge on any atom is 0.0304 e. The van der Waals surface area contributed by atoms with Crippen LogP contribution in [0.3, 0.4) is 0 Å². The van der Waals surface area contributed by atoms with Gasteiger partial charge in [0.2, 0.25) is 0 Å². The number of rotatable bonds is 6. The lowest BCUT2D eigenvalue weighted by Gasteiger charge is -2.40. The van der Waals surface area contributed by atoms with Gasteiger partial charge in [-0.25, -0.2) is 0 Å². The standard InChI is InChI=1S/C13H26N2/c1-3-5-10-15-13(11-14)8-6-12(4-2)7-9-13/h3,12,15H,1,4-11,14H2,2H3. The van der Waals surface area contributed by atoms with Crippen LogP contribution in [0.15, 0.2) is 12.7 Å². The minimum atomic E-state index is 0.231. The molecule has 0 heterocycles. The fourth-order valence-electron chi connectivity index (χ4n) is 2.53. The van der Waals surface area contributed by atoms with Crippen molar-refractivity contribution in [3.8, 4) is 0 Å². The molecule has 15 heavy (non-hydrogen) atoms. The summed E-state index contributed by atoms with van der Waals surface area (Å²) in [4.78, 5) is 0. The summed E-state index contributed by atoms with van der Waals surface area (Å²) >= 11 is 0. The third kappa shape index (κ3) is 3.62. The van der Waals surface area contributed by atoms with Crippen LogP contribution in [0.5, 0.6) is 0 Å². The highest BCUT2D eigenvalue weighted by Crippen LogP contribution is 2.33. The van der Waals surface area contributed by atoms with Crippen molar-refractivity contribution >= 4 is 0 Å². The summed E-state index contributed by atoms with van der Waals surface area (Å²) in [5.41, 5.74) is 6.15. The van der Waals surface area contributed by atoms with Crippen molar-refractivity contribution < 1.29 is 0 Å². The topological polar surface area (TPSA) is 38.0 Å². The summed E-state index contributed by atoms with van der Waals surface area (Å²) in [5, 5.41) is 3.63. The van der Waals surface area contributed by atoms with Gasteiger partial charge in [-0.2, -0.15) is 0 Å². The highest BCUT2D eigenvalue weighted by molar-refractivity contribution is 4.94. The quantitative estimate of drug-likeness (QED) is 0.522. The van der Waals surface area contributed by atoms with Gasteiger partial charge >= 0.3 is 0 Å². The molecule has 1 rings (SSSR count). The minimum absolute atomic E-state index is 0.231. The first kappa shape index (κ1) is 12.7. The van der Waals surface area contributed by atoms with Gasteiger partial charge in [0, 0.05) is 12.1 Å². The second kappa shape index (κ2) is 6.29. The molecule has 2 heteroatoms. The van der Waals surface area contributed by atoms with Crippen molar-refractivity contribution in [1.82, 2.24) is 5.32 Å². The Kier molecular flexibility index (Phi) is 5.34. The van der Waals surface area contributed by atoms with E-state index in [1.165, 1.54) is 32.1 Å². The molecule has 0 aromatic rings. The van der Waals surface area contributed by atoms with Crippen molar-refractivity contribution in [2.45, 2.75) is 51.0 Å². The smallest absolute Gasteiger partial charge is 0.0304 e. The van der Waals surface area contributed by atoms with Gasteiger partial charge in [-0.05, 0) is 44.6 Å². The van der Waals surface area contributed by atoms with Crippen LogP contribution in [-0.4, -0.2) is 18.6 Å². The van der Waals surface area contributed by atoms with Crippen LogP contribution >= 0.6 is 0 Å². The molecule has 1 aliphatic rings. The molecule has 1 aliphatic carbocycles. The zero-order valence-electron chi connectivity index (χ0n) is 10.1. The normalized spacial score (nSPS) is 31.5. The highest BCUT2D eigenvalue weighted by Gasteiger charge is 2.32. The number of nitrogens with one attached hydrogen (secondary N) is 1. The van der Waals surface area contributed by atoms with Crippen LogP contribution in [0.2, 0.25) is 0 Å². The summed E-state index contributed by atoms with van der Waals surface area (Å²) in [5.74, 6) is 0.936. The molecule has 0 atom stereocenters. The monoisotopic (exact) mass is 210 g/mol. The van der Waals surface area contributed by atoms with E-state index in [0.29, 0.717) is 0 Å². The lowest BCUT2D eigenvalue weighted by Crippen LogP contribution is -2.53. The molecule has 0 unspecified atom stereocenters. The second-order valence-corrected chi connectivity index (χ2v) is 4.84. The Morgan fingerprint density at radius 2 is 2.13 bits per heavy atom.